The fourth-order valence-corrected chi connectivity index (χ4v) is 4.66. The van der Waals surface area contributed by atoms with Gasteiger partial charge in [-0.05, 0) is 61.0 Å². The van der Waals surface area contributed by atoms with Gasteiger partial charge in [0, 0.05) is 17.9 Å². The molecule has 3 aromatic rings. The Hall–Kier alpha value is -3.45. The van der Waals surface area contributed by atoms with Crippen LogP contribution in [0.4, 0.5) is 4.79 Å². The van der Waals surface area contributed by atoms with Crippen molar-refractivity contribution < 1.29 is 19.1 Å². The molecule has 6 nitrogen and oxygen atoms in total. The largest absolute Gasteiger partial charge is 0.493 e. The maximum Gasteiger partial charge on any atom is 0.293 e. The predicted molar refractivity (Wildman–Crippen MR) is 131 cm³/mol. The van der Waals surface area contributed by atoms with E-state index in [1.165, 1.54) is 10.5 Å². The van der Waals surface area contributed by atoms with Crippen LogP contribution in [0.3, 0.4) is 0 Å². The lowest BCUT2D eigenvalue weighted by Crippen LogP contribution is -2.32. The maximum atomic E-state index is 12.9. The van der Waals surface area contributed by atoms with Gasteiger partial charge in [-0.25, -0.2) is 0 Å². The van der Waals surface area contributed by atoms with Crippen LogP contribution in [0.5, 0.6) is 11.5 Å². The van der Waals surface area contributed by atoms with Crippen LogP contribution in [0, 0.1) is 13.8 Å². The summed E-state index contributed by atoms with van der Waals surface area (Å²) in [7, 11) is 1.57. The summed E-state index contributed by atoms with van der Waals surface area (Å²) in [5.41, 5.74) is 4.31. The molecule has 1 saturated heterocycles. The Morgan fingerprint density at radius 1 is 0.970 bits per heavy atom. The molecular formula is C26H26N2O4S. The molecule has 0 spiro atoms. The molecule has 170 valence electrons. The molecule has 4 rings (SSSR count). The van der Waals surface area contributed by atoms with E-state index < -0.39 is 0 Å². The van der Waals surface area contributed by atoms with Crippen LogP contribution in [-0.2, 0) is 11.3 Å². The molecule has 1 aromatic heterocycles. The highest BCUT2D eigenvalue weighted by Gasteiger charge is 2.35. The number of carbonyl (C=O) groups is 2. The summed E-state index contributed by atoms with van der Waals surface area (Å²) in [5.74, 6) is 0.896. The predicted octanol–water partition coefficient (Wildman–Crippen LogP) is 5.28. The van der Waals surface area contributed by atoms with Crippen molar-refractivity contribution in [2.75, 3.05) is 20.3 Å². The van der Waals surface area contributed by atoms with Gasteiger partial charge in [-0.1, -0.05) is 42.5 Å². The zero-order valence-corrected chi connectivity index (χ0v) is 19.7. The second-order valence-electron chi connectivity index (χ2n) is 7.73. The summed E-state index contributed by atoms with van der Waals surface area (Å²) in [4.78, 5) is 27.1. The van der Waals surface area contributed by atoms with E-state index in [1.807, 2.05) is 50.3 Å². The zero-order valence-electron chi connectivity index (χ0n) is 18.9. The van der Waals surface area contributed by atoms with E-state index in [0.717, 1.165) is 35.3 Å². The van der Waals surface area contributed by atoms with Gasteiger partial charge in [0.25, 0.3) is 11.1 Å². The summed E-state index contributed by atoms with van der Waals surface area (Å²) in [6.45, 7) is 5.21. The van der Waals surface area contributed by atoms with E-state index in [9.17, 15) is 9.59 Å². The lowest BCUT2D eigenvalue weighted by Gasteiger charge is -2.14. The molecule has 1 fully saturated rings. The summed E-state index contributed by atoms with van der Waals surface area (Å²) >= 11 is 0.967. The number of methoxy groups -OCH3 is 1. The van der Waals surface area contributed by atoms with Crippen molar-refractivity contribution in [3.05, 3.63) is 88.1 Å². The molecule has 2 amide bonds. The van der Waals surface area contributed by atoms with Gasteiger partial charge in [0.05, 0.1) is 18.6 Å². The minimum absolute atomic E-state index is 0.174. The number of hydrogen-bond acceptors (Lipinski definition) is 5. The molecule has 0 saturated carbocycles. The van der Waals surface area contributed by atoms with Crippen molar-refractivity contribution in [3.63, 3.8) is 0 Å². The standard InChI is InChI=1S/C26H26N2O4S/c1-18-15-21(19(2)28(18)17-20-9-5-4-6-10-20)16-24-25(29)27(26(30)33-24)13-14-32-23-12-8-7-11-22(23)31-3/h4-12,15-16H,13-14,17H2,1-3H3/b24-16-. The SMILES string of the molecule is COc1ccccc1OCCN1C(=O)S/C(=C\c2cc(C)n(Cc3ccccc3)c2C)C1=O. The van der Waals surface area contributed by atoms with E-state index >= 15 is 0 Å². The third-order valence-electron chi connectivity index (χ3n) is 5.60. The Balaban J connectivity index is 1.45. The van der Waals surface area contributed by atoms with Gasteiger partial charge in [0.2, 0.25) is 0 Å². The van der Waals surface area contributed by atoms with E-state index in [1.54, 1.807) is 19.2 Å². The summed E-state index contributed by atoms with van der Waals surface area (Å²) in [5, 5.41) is -0.284. The van der Waals surface area contributed by atoms with E-state index in [0.29, 0.717) is 16.4 Å². The minimum Gasteiger partial charge on any atom is -0.493 e. The number of ether oxygens (including phenoxy) is 2. The number of thioether (sulfide) groups is 1. The van der Waals surface area contributed by atoms with Crippen molar-refractivity contribution in [2.45, 2.75) is 20.4 Å². The number of rotatable bonds is 8. The number of carbonyl (C=O) groups excluding carboxylic acids is 2. The lowest BCUT2D eigenvalue weighted by molar-refractivity contribution is -0.123. The number of aromatic nitrogens is 1. The summed E-state index contributed by atoms with van der Waals surface area (Å²) in [6.07, 6.45) is 1.82. The van der Waals surface area contributed by atoms with Gasteiger partial charge in [-0.15, -0.1) is 0 Å². The molecule has 2 heterocycles. The first-order valence-corrected chi connectivity index (χ1v) is 11.5. The smallest absolute Gasteiger partial charge is 0.293 e. The number of nitrogens with zero attached hydrogens (tertiary/aromatic N) is 2. The number of benzene rings is 2. The number of amides is 2. The monoisotopic (exact) mass is 462 g/mol. The van der Waals surface area contributed by atoms with Gasteiger partial charge < -0.3 is 14.0 Å². The van der Waals surface area contributed by atoms with E-state index in [-0.39, 0.29) is 24.3 Å². The van der Waals surface area contributed by atoms with Crippen molar-refractivity contribution >= 4 is 29.0 Å². The Morgan fingerprint density at radius 3 is 2.39 bits per heavy atom. The first-order valence-electron chi connectivity index (χ1n) is 10.7. The highest BCUT2D eigenvalue weighted by atomic mass is 32.2. The Kier molecular flexibility index (Phi) is 6.89. The van der Waals surface area contributed by atoms with Crippen LogP contribution in [-0.4, -0.2) is 40.9 Å². The van der Waals surface area contributed by atoms with Crippen molar-refractivity contribution in [2.24, 2.45) is 0 Å². The van der Waals surface area contributed by atoms with Gasteiger partial charge in [0.1, 0.15) is 6.61 Å². The molecule has 0 bridgehead atoms. The third-order valence-corrected chi connectivity index (χ3v) is 6.51. The molecule has 1 aliphatic rings. The van der Waals surface area contributed by atoms with Gasteiger partial charge in [0.15, 0.2) is 11.5 Å². The van der Waals surface area contributed by atoms with Gasteiger partial charge >= 0.3 is 0 Å². The fraction of sp³-hybridized carbons (Fsp3) is 0.231. The first-order chi connectivity index (χ1) is 16.0. The Morgan fingerprint density at radius 2 is 1.67 bits per heavy atom. The van der Waals surface area contributed by atoms with Crippen LogP contribution in [0.25, 0.3) is 6.08 Å². The molecule has 1 aliphatic heterocycles. The third kappa shape index (κ3) is 4.98. The molecule has 0 aliphatic carbocycles. The van der Waals surface area contributed by atoms with E-state index in [2.05, 4.69) is 22.8 Å². The second-order valence-corrected chi connectivity index (χ2v) is 8.72. The summed E-state index contributed by atoms with van der Waals surface area (Å²) < 4.78 is 13.2. The second kappa shape index (κ2) is 10.0. The average Bonchev–Trinajstić information content (AvgIpc) is 3.24. The lowest BCUT2D eigenvalue weighted by atomic mass is 10.2. The highest BCUT2D eigenvalue weighted by Crippen LogP contribution is 2.33. The molecule has 7 heteroatoms. The number of imide groups is 1. The van der Waals surface area contributed by atoms with Gasteiger partial charge in [-0.2, -0.15) is 0 Å². The molecule has 0 atom stereocenters. The van der Waals surface area contributed by atoms with E-state index in [4.69, 9.17) is 9.47 Å². The number of para-hydroxylation sites is 2. The quantitative estimate of drug-likeness (QED) is 0.427. The van der Waals surface area contributed by atoms with Crippen LogP contribution in [0.2, 0.25) is 0 Å². The topological polar surface area (TPSA) is 60.8 Å². The molecule has 0 unspecified atom stereocenters. The Bertz CT molecular complexity index is 1200. The minimum atomic E-state index is -0.290. The maximum absolute atomic E-state index is 12.9. The highest BCUT2D eigenvalue weighted by molar-refractivity contribution is 8.18. The average molecular weight is 463 g/mol. The van der Waals surface area contributed by atoms with Crippen LogP contribution in [0.1, 0.15) is 22.5 Å². The molecule has 33 heavy (non-hydrogen) atoms. The zero-order chi connectivity index (χ0) is 23.4. The van der Waals surface area contributed by atoms with Crippen LogP contribution >= 0.6 is 11.8 Å². The van der Waals surface area contributed by atoms with Crippen molar-refractivity contribution in [1.29, 1.82) is 0 Å². The molecule has 0 N–H and O–H groups in total. The van der Waals surface area contributed by atoms with Crippen molar-refractivity contribution in [3.8, 4) is 11.5 Å². The molecule has 2 aromatic carbocycles. The van der Waals surface area contributed by atoms with Crippen LogP contribution in [0.15, 0.2) is 65.6 Å². The fourth-order valence-electron chi connectivity index (χ4n) is 3.80. The molecular weight excluding hydrogens is 436 g/mol. The molecule has 0 radical (unpaired) electrons. The normalized spacial score (nSPS) is 14.9. The van der Waals surface area contributed by atoms with Gasteiger partial charge in [-0.3, -0.25) is 14.5 Å². The Labute approximate surface area is 197 Å². The number of hydrogen-bond donors (Lipinski definition) is 0. The van der Waals surface area contributed by atoms with Crippen LogP contribution < -0.4 is 9.47 Å². The first kappa shape index (κ1) is 22.7. The van der Waals surface area contributed by atoms with Crippen molar-refractivity contribution in [1.82, 2.24) is 9.47 Å². The summed E-state index contributed by atoms with van der Waals surface area (Å²) in [6, 6.07) is 19.6. The number of aryl methyl sites for hydroxylation is 1.